The quantitative estimate of drug-likeness (QED) is 0.890. The van der Waals surface area contributed by atoms with Crippen LogP contribution in [0.5, 0.6) is 5.75 Å². The van der Waals surface area contributed by atoms with Gasteiger partial charge in [0.05, 0.1) is 6.61 Å². The van der Waals surface area contributed by atoms with Crippen molar-refractivity contribution in [2.75, 3.05) is 20.3 Å². The van der Waals surface area contributed by atoms with E-state index < -0.39 is 0 Å². The summed E-state index contributed by atoms with van der Waals surface area (Å²) in [7, 11) is 1.98. The fraction of sp³-hybridized carbons (Fsp3) is 0.600. The summed E-state index contributed by atoms with van der Waals surface area (Å²) in [5.74, 6) is 0.984. The van der Waals surface area contributed by atoms with E-state index in [4.69, 9.17) is 9.47 Å². The minimum Gasteiger partial charge on any atom is -0.488 e. The lowest BCUT2D eigenvalue weighted by Gasteiger charge is -2.24. The Hall–Kier alpha value is -1.06. The van der Waals surface area contributed by atoms with Gasteiger partial charge in [0, 0.05) is 12.6 Å². The van der Waals surface area contributed by atoms with Gasteiger partial charge in [-0.15, -0.1) is 0 Å². The van der Waals surface area contributed by atoms with Gasteiger partial charge < -0.3 is 14.8 Å². The van der Waals surface area contributed by atoms with Crippen LogP contribution in [-0.4, -0.2) is 26.4 Å². The Balaban J connectivity index is 2.04. The van der Waals surface area contributed by atoms with Crippen molar-refractivity contribution in [3.8, 4) is 5.75 Å². The van der Waals surface area contributed by atoms with Crippen LogP contribution in [-0.2, 0) is 4.74 Å². The molecule has 1 fully saturated rings. The van der Waals surface area contributed by atoms with Gasteiger partial charge in [-0.05, 0) is 50.9 Å². The van der Waals surface area contributed by atoms with Crippen LogP contribution in [0.15, 0.2) is 18.2 Å². The number of ether oxygens (including phenoxy) is 2. The first-order valence-corrected chi connectivity index (χ1v) is 6.73. The summed E-state index contributed by atoms with van der Waals surface area (Å²) in [6.45, 7) is 5.85. The van der Waals surface area contributed by atoms with E-state index in [1.807, 2.05) is 7.05 Å². The smallest absolute Gasteiger partial charge is 0.122 e. The summed E-state index contributed by atoms with van der Waals surface area (Å²) >= 11 is 0. The van der Waals surface area contributed by atoms with E-state index in [9.17, 15) is 0 Å². The minimum absolute atomic E-state index is 0.213. The maximum Gasteiger partial charge on any atom is 0.122 e. The molecule has 0 spiro atoms. The van der Waals surface area contributed by atoms with Crippen LogP contribution in [0.2, 0.25) is 0 Å². The fourth-order valence-electron chi connectivity index (χ4n) is 2.22. The molecule has 1 aliphatic rings. The van der Waals surface area contributed by atoms with Crippen molar-refractivity contribution in [1.29, 1.82) is 0 Å². The van der Waals surface area contributed by atoms with Crippen molar-refractivity contribution in [2.45, 2.75) is 38.8 Å². The van der Waals surface area contributed by atoms with E-state index in [1.165, 1.54) is 11.1 Å². The summed E-state index contributed by atoms with van der Waals surface area (Å²) in [5, 5.41) is 3.25. The van der Waals surface area contributed by atoms with Crippen molar-refractivity contribution in [1.82, 2.24) is 5.32 Å². The molecule has 0 saturated carbocycles. The van der Waals surface area contributed by atoms with E-state index in [0.29, 0.717) is 12.6 Å². The standard InChI is InChI=1S/C15H23NO2/c1-11-9-13(12(2)16-3)6-7-15(11)18-14-5-4-8-17-10-14/h6-7,9,12,14,16H,4-5,8,10H2,1-3H3. The van der Waals surface area contributed by atoms with Gasteiger partial charge in [-0.3, -0.25) is 0 Å². The van der Waals surface area contributed by atoms with Gasteiger partial charge >= 0.3 is 0 Å². The Morgan fingerprint density at radius 1 is 1.44 bits per heavy atom. The lowest BCUT2D eigenvalue weighted by molar-refractivity contribution is 0.00714. The Kier molecular flexibility index (Phi) is 4.61. The Morgan fingerprint density at radius 2 is 2.28 bits per heavy atom. The van der Waals surface area contributed by atoms with Crippen LogP contribution >= 0.6 is 0 Å². The van der Waals surface area contributed by atoms with E-state index >= 15 is 0 Å². The highest BCUT2D eigenvalue weighted by atomic mass is 16.5. The number of nitrogens with one attached hydrogen (secondary N) is 1. The molecular formula is C15H23NO2. The van der Waals surface area contributed by atoms with Gasteiger partial charge in [0.2, 0.25) is 0 Å². The van der Waals surface area contributed by atoms with E-state index in [0.717, 1.165) is 25.2 Å². The predicted octanol–water partition coefficient (Wildman–Crippen LogP) is 2.83. The first-order valence-electron chi connectivity index (χ1n) is 6.73. The predicted molar refractivity (Wildman–Crippen MR) is 73.1 cm³/mol. The average molecular weight is 249 g/mol. The summed E-state index contributed by atoms with van der Waals surface area (Å²) in [5.41, 5.74) is 2.49. The van der Waals surface area contributed by atoms with Crippen molar-refractivity contribution < 1.29 is 9.47 Å². The highest BCUT2D eigenvalue weighted by Gasteiger charge is 2.16. The molecule has 0 bridgehead atoms. The molecule has 3 nitrogen and oxygen atoms in total. The van der Waals surface area contributed by atoms with Crippen molar-refractivity contribution in [3.05, 3.63) is 29.3 Å². The summed E-state index contributed by atoms with van der Waals surface area (Å²) in [4.78, 5) is 0. The zero-order chi connectivity index (χ0) is 13.0. The molecule has 1 aromatic carbocycles. The first-order chi connectivity index (χ1) is 8.70. The monoisotopic (exact) mass is 249 g/mol. The molecule has 1 N–H and O–H groups in total. The fourth-order valence-corrected chi connectivity index (χ4v) is 2.22. The molecule has 1 heterocycles. The average Bonchev–Trinajstić information content (AvgIpc) is 2.41. The third-order valence-corrected chi connectivity index (χ3v) is 3.54. The van der Waals surface area contributed by atoms with Gasteiger partial charge in [0.1, 0.15) is 11.9 Å². The lowest BCUT2D eigenvalue weighted by Crippen LogP contribution is -2.28. The normalized spacial score (nSPS) is 21.6. The van der Waals surface area contributed by atoms with E-state index in [2.05, 4.69) is 37.4 Å². The molecule has 1 aromatic rings. The van der Waals surface area contributed by atoms with Gasteiger partial charge in [0.25, 0.3) is 0 Å². The number of benzene rings is 1. The summed E-state index contributed by atoms with van der Waals surface area (Å²) < 4.78 is 11.4. The SMILES string of the molecule is CNC(C)c1ccc(OC2CCCOC2)c(C)c1. The number of hydrogen-bond donors (Lipinski definition) is 1. The third kappa shape index (κ3) is 3.24. The molecule has 18 heavy (non-hydrogen) atoms. The second-order valence-corrected chi connectivity index (χ2v) is 4.99. The molecule has 2 unspecified atom stereocenters. The number of rotatable bonds is 4. The Labute approximate surface area is 109 Å². The molecule has 100 valence electrons. The van der Waals surface area contributed by atoms with E-state index in [1.54, 1.807) is 0 Å². The minimum atomic E-state index is 0.213. The molecule has 0 aromatic heterocycles. The molecule has 1 saturated heterocycles. The molecule has 1 aliphatic heterocycles. The number of aryl methyl sites for hydroxylation is 1. The Bertz CT molecular complexity index is 386. The topological polar surface area (TPSA) is 30.5 Å². The molecule has 0 aliphatic carbocycles. The molecule has 2 atom stereocenters. The van der Waals surface area contributed by atoms with Crippen LogP contribution in [0, 0.1) is 6.92 Å². The van der Waals surface area contributed by atoms with Gasteiger partial charge in [-0.2, -0.15) is 0 Å². The van der Waals surface area contributed by atoms with Crippen molar-refractivity contribution >= 4 is 0 Å². The zero-order valence-corrected chi connectivity index (χ0v) is 11.5. The Morgan fingerprint density at radius 3 is 2.89 bits per heavy atom. The summed E-state index contributed by atoms with van der Waals surface area (Å²) in [6.07, 6.45) is 2.40. The maximum absolute atomic E-state index is 6.01. The highest BCUT2D eigenvalue weighted by molar-refractivity contribution is 5.37. The second kappa shape index (κ2) is 6.21. The highest BCUT2D eigenvalue weighted by Crippen LogP contribution is 2.25. The van der Waals surface area contributed by atoms with Crippen molar-refractivity contribution in [2.24, 2.45) is 0 Å². The molecule has 0 radical (unpaired) electrons. The van der Waals surface area contributed by atoms with Crippen LogP contribution in [0.25, 0.3) is 0 Å². The molecule has 3 heteroatoms. The summed E-state index contributed by atoms with van der Waals surface area (Å²) in [6, 6.07) is 6.77. The molecular weight excluding hydrogens is 226 g/mol. The van der Waals surface area contributed by atoms with Crippen molar-refractivity contribution in [3.63, 3.8) is 0 Å². The molecule has 0 amide bonds. The van der Waals surface area contributed by atoms with Crippen LogP contribution in [0.4, 0.5) is 0 Å². The zero-order valence-electron chi connectivity index (χ0n) is 11.5. The molecule has 2 rings (SSSR count). The van der Waals surface area contributed by atoms with Crippen LogP contribution < -0.4 is 10.1 Å². The lowest BCUT2D eigenvalue weighted by atomic mass is 10.0. The maximum atomic E-state index is 6.01. The largest absolute Gasteiger partial charge is 0.488 e. The number of hydrogen-bond acceptors (Lipinski definition) is 3. The third-order valence-electron chi connectivity index (χ3n) is 3.54. The second-order valence-electron chi connectivity index (χ2n) is 4.99. The van der Waals surface area contributed by atoms with E-state index in [-0.39, 0.29) is 6.10 Å². The van der Waals surface area contributed by atoms with Gasteiger partial charge in [0.15, 0.2) is 0 Å². The first kappa shape index (κ1) is 13.4. The van der Waals surface area contributed by atoms with Crippen LogP contribution in [0.3, 0.4) is 0 Å². The van der Waals surface area contributed by atoms with Gasteiger partial charge in [-0.1, -0.05) is 12.1 Å². The van der Waals surface area contributed by atoms with Crippen LogP contribution in [0.1, 0.15) is 36.9 Å². The van der Waals surface area contributed by atoms with Gasteiger partial charge in [-0.25, -0.2) is 0 Å².